The second-order valence-corrected chi connectivity index (χ2v) is 20.2. The summed E-state index contributed by atoms with van der Waals surface area (Å²) in [6.07, 6.45) is -17.5. The molecule has 3 fully saturated rings. The molecule has 3 saturated heterocycles. The van der Waals surface area contributed by atoms with Crippen LogP contribution in [-0.2, 0) is 81.4 Å². The van der Waals surface area contributed by atoms with Crippen molar-refractivity contribution in [3.8, 4) is 0 Å². The number of carbonyl (C=O) groups is 4. The lowest BCUT2D eigenvalue weighted by atomic mass is 9.95. The smallest absolute Gasteiger partial charge is 0.407 e. The summed E-state index contributed by atoms with van der Waals surface area (Å²) >= 11 is 0. The first kappa shape index (κ1) is 60.2. The van der Waals surface area contributed by atoms with Crippen LogP contribution in [0.5, 0.6) is 0 Å². The highest BCUT2D eigenvalue weighted by atomic mass is 16.8. The summed E-state index contributed by atoms with van der Waals surface area (Å²) in [5.41, 5.74) is 9.87. The maximum atomic E-state index is 14.6. The van der Waals surface area contributed by atoms with E-state index in [-0.39, 0.29) is 49.7 Å². The van der Waals surface area contributed by atoms with Gasteiger partial charge in [0.15, 0.2) is 37.2 Å². The largest absolute Gasteiger partial charge is 0.454 e. The number of nitrogens with two attached hydrogens (primary N) is 1. The summed E-state index contributed by atoms with van der Waals surface area (Å²) in [5, 5.41) is 2.70. The number of ether oxygens (including phenoxy) is 13. The summed E-state index contributed by atoms with van der Waals surface area (Å²) in [5.74, 6) is -2.18. The van der Waals surface area contributed by atoms with Crippen molar-refractivity contribution in [2.75, 3.05) is 20.3 Å². The number of nitrogens with one attached hydrogen (secondary N) is 1. The van der Waals surface area contributed by atoms with Gasteiger partial charge in [0.1, 0.15) is 37.1 Å². The standard InChI is InChI=1S/C64H70N2O17/c1-40-49(65)52(79-58(67)46-29-17-8-18-30-46)55(71-4)62(76-40)82-54-51(74-38-44-25-13-6-14-26-44)42(3)78-63(57(54)81-60(69)48-33-21-10-22-34-48)83-53-50(73-37-43-23-11-5-12-24-43)41(2)77-61(56(53)80-59(68)47-31-19-9-20-32-47)72-36-35-66-64(70)75-39-45-27-15-7-16-28-45/h5-34,40-42,49-57,61-63H,35-39,65H2,1-4H3,(H,66,70)/t40-,41+,42+,49-,50+,51+,52+,53-,54-,55-,56-,57-,61-,62+,63+/m1/s1. The van der Waals surface area contributed by atoms with Gasteiger partial charge < -0.3 is 72.6 Å². The predicted octanol–water partition coefficient (Wildman–Crippen LogP) is 8.12. The summed E-state index contributed by atoms with van der Waals surface area (Å²) in [6.45, 7) is 5.21. The molecule has 19 nitrogen and oxygen atoms in total. The molecule has 438 valence electrons. The number of benzene rings is 6. The first-order valence-corrected chi connectivity index (χ1v) is 27.6. The lowest BCUT2D eigenvalue weighted by Gasteiger charge is -2.50. The van der Waals surface area contributed by atoms with Crippen molar-refractivity contribution < 1.29 is 80.8 Å². The fraction of sp³-hybridized carbons (Fsp3) is 0.375. The number of methoxy groups -OCH3 is 1. The summed E-state index contributed by atoms with van der Waals surface area (Å²) in [4.78, 5) is 55.6. The van der Waals surface area contributed by atoms with Gasteiger partial charge >= 0.3 is 24.0 Å². The normalized spacial score (nSPS) is 27.8. The van der Waals surface area contributed by atoms with Gasteiger partial charge in [-0.25, -0.2) is 19.2 Å². The van der Waals surface area contributed by atoms with Gasteiger partial charge in [-0.2, -0.15) is 0 Å². The minimum Gasteiger partial charge on any atom is -0.454 e. The third kappa shape index (κ3) is 16.0. The molecule has 83 heavy (non-hydrogen) atoms. The highest BCUT2D eigenvalue weighted by Gasteiger charge is 2.57. The zero-order valence-electron chi connectivity index (χ0n) is 46.5. The van der Waals surface area contributed by atoms with E-state index in [9.17, 15) is 19.2 Å². The van der Waals surface area contributed by atoms with E-state index in [1.54, 1.807) is 112 Å². The lowest BCUT2D eigenvalue weighted by molar-refractivity contribution is -0.377. The molecule has 3 N–H and O–H groups in total. The van der Waals surface area contributed by atoms with Crippen LogP contribution in [0.1, 0.15) is 68.5 Å². The van der Waals surface area contributed by atoms with Gasteiger partial charge in [-0.1, -0.05) is 146 Å². The van der Waals surface area contributed by atoms with E-state index in [1.807, 2.05) is 91.0 Å². The molecule has 1 amide bonds. The zero-order valence-corrected chi connectivity index (χ0v) is 46.5. The van der Waals surface area contributed by atoms with E-state index < -0.39 is 116 Å². The first-order chi connectivity index (χ1) is 40.4. The van der Waals surface area contributed by atoms with Crippen LogP contribution in [0.4, 0.5) is 4.79 Å². The maximum absolute atomic E-state index is 14.6. The Balaban J connectivity index is 1.08. The second kappa shape index (κ2) is 29.7. The number of hydrogen-bond donors (Lipinski definition) is 2. The first-order valence-electron chi connectivity index (χ1n) is 27.6. The van der Waals surface area contributed by atoms with Crippen LogP contribution < -0.4 is 11.1 Å². The summed E-state index contributed by atoms with van der Waals surface area (Å²) in [6, 6.07) is 52.3. The molecule has 3 heterocycles. The van der Waals surface area contributed by atoms with Crippen molar-refractivity contribution >= 4 is 24.0 Å². The molecule has 6 aromatic carbocycles. The Morgan fingerprint density at radius 2 is 0.783 bits per heavy atom. The van der Waals surface area contributed by atoms with Crippen LogP contribution in [0.15, 0.2) is 182 Å². The molecular weight excluding hydrogens is 1070 g/mol. The van der Waals surface area contributed by atoms with E-state index in [1.165, 1.54) is 7.11 Å². The minimum atomic E-state index is -1.58. The van der Waals surface area contributed by atoms with Crippen LogP contribution >= 0.6 is 0 Å². The molecule has 0 radical (unpaired) electrons. The van der Waals surface area contributed by atoms with Gasteiger partial charge in [-0.15, -0.1) is 0 Å². The van der Waals surface area contributed by atoms with Gasteiger partial charge in [0, 0.05) is 13.7 Å². The molecule has 0 spiro atoms. The van der Waals surface area contributed by atoms with Gasteiger partial charge in [0.2, 0.25) is 0 Å². The van der Waals surface area contributed by atoms with Gasteiger partial charge in [-0.05, 0) is 73.9 Å². The Hall–Kier alpha value is -7.40. The van der Waals surface area contributed by atoms with Gasteiger partial charge in [0.25, 0.3) is 0 Å². The monoisotopic (exact) mass is 1140 g/mol. The van der Waals surface area contributed by atoms with Crippen LogP contribution in [0.3, 0.4) is 0 Å². The Kier molecular flexibility index (Phi) is 21.6. The molecular formula is C64H70N2O17. The van der Waals surface area contributed by atoms with Crippen LogP contribution in [0.25, 0.3) is 0 Å². The van der Waals surface area contributed by atoms with Gasteiger partial charge in [0.05, 0.1) is 60.9 Å². The van der Waals surface area contributed by atoms with Crippen LogP contribution in [0, 0.1) is 0 Å². The fourth-order valence-electron chi connectivity index (χ4n) is 9.97. The van der Waals surface area contributed by atoms with E-state index in [4.69, 9.17) is 67.3 Å². The lowest BCUT2D eigenvalue weighted by Crippen LogP contribution is -2.68. The Morgan fingerprint density at radius 1 is 0.422 bits per heavy atom. The number of alkyl carbamates (subject to hydrolysis) is 1. The molecule has 0 aromatic heterocycles. The van der Waals surface area contributed by atoms with Crippen molar-refractivity contribution in [1.82, 2.24) is 5.32 Å². The van der Waals surface area contributed by atoms with Crippen molar-refractivity contribution in [3.63, 3.8) is 0 Å². The number of esters is 3. The van der Waals surface area contributed by atoms with Gasteiger partial charge in [-0.3, -0.25) is 0 Å². The second-order valence-electron chi connectivity index (χ2n) is 20.2. The summed E-state index contributed by atoms with van der Waals surface area (Å²) < 4.78 is 84.8. The van der Waals surface area contributed by atoms with Crippen molar-refractivity contribution in [1.29, 1.82) is 0 Å². The van der Waals surface area contributed by atoms with Crippen molar-refractivity contribution in [2.24, 2.45) is 5.73 Å². The van der Waals surface area contributed by atoms with E-state index in [0.717, 1.165) is 16.7 Å². The average Bonchev–Trinajstić information content (AvgIpc) is 3.71. The third-order valence-corrected chi connectivity index (χ3v) is 14.4. The quantitative estimate of drug-likeness (QED) is 0.0351. The Bertz CT molecular complexity index is 2950. The molecule has 3 aliphatic rings. The summed E-state index contributed by atoms with van der Waals surface area (Å²) in [7, 11) is 1.41. The number of carbonyl (C=O) groups excluding carboxylic acids is 4. The highest BCUT2D eigenvalue weighted by Crippen LogP contribution is 2.38. The molecule has 3 aliphatic heterocycles. The molecule has 9 rings (SSSR count). The highest BCUT2D eigenvalue weighted by molar-refractivity contribution is 5.90. The molecule has 19 heteroatoms. The third-order valence-electron chi connectivity index (χ3n) is 14.4. The maximum Gasteiger partial charge on any atom is 0.407 e. The van der Waals surface area contributed by atoms with E-state index in [0.29, 0.717) is 0 Å². The molecule has 6 aromatic rings. The SMILES string of the molecule is CO[C@H]1[C@H](O[C@@H]2[C@@H](OCc3ccccc3)[C@H](C)O[C@@H](O[C@@H]3[C@@H](OCc4ccccc4)[C@H](C)O[C@@H](OCCNC(=O)OCc4ccccc4)[C@@H]3OC(=O)c3ccccc3)[C@@H]2OC(=O)c2ccccc2)O[C@H](C)[C@@H](N)[C@@H]1OC(=O)c1ccccc1. The minimum absolute atomic E-state index is 0.0354. The van der Waals surface area contributed by atoms with E-state index in [2.05, 4.69) is 5.32 Å². The number of hydrogen-bond acceptors (Lipinski definition) is 18. The van der Waals surface area contributed by atoms with Crippen molar-refractivity contribution in [2.45, 2.75) is 133 Å². The zero-order chi connectivity index (χ0) is 58.1. The number of rotatable bonds is 23. The molecule has 15 atom stereocenters. The molecule has 0 aliphatic carbocycles. The molecule has 0 saturated carbocycles. The van der Waals surface area contributed by atoms with E-state index >= 15 is 0 Å². The van der Waals surface area contributed by atoms with Crippen molar-refractivity contribution in [3.05, 3.63) is 215 Å². The van der Waals surface area contributed by atoms with Crippen LogP contribution in [0.2, 0.25) is 0 Å². The average molecular weight is 1140 g/mol. The topological polar surface area (TPSA) is 226 Å². The Morgan fingerprint density at radius 3 is 1.22 bits per heavy atom. The molecule has 0 unspecified atom stereocenters. The Labute approximate surface area is 482 Å². The molecule has 0 bridgehead atoms. The van der Waals surface area contributed by atoms with Crippen LogP contribution in [-0.4, -0.2) is 136 Å². The predicted molar refractivity (Wildman–Crippen MR) is 299 cm³/mol. The number of amides is 1. The fourth-order valence-corrected chi connectivity index (χ4v) is 9.97.